The number of esters is 2. The fourth-order valence-corrected chi connectivity index (χ4v) is 1.26. The largest absolute Gasteiger partial charge is 0.466 e. The van der Waals surface area contributed by atoms with Crippen molar-refractivity contribution in [2.75, 3.05) is 27.3 Å². The van der Waals surface area contributed by atoms with Crippen molar-refractivity contribution >= 4 is 23.8 Å². The van der Waals surface area contributed by atoms with Gasteiger partial charge >= 0.3 is 11.9 Å². The third kappa shape index (κ3) is 10.7. The Balaban J connectivity index is 4.23. The fraction of sp³-hybridized carbons (Fsp3) is 0.467. The summed E-state index contributed by atoms with van der Waals surface area (Å²) in [6.07, 6.45) is 4.17. The maximum atomic E-state index is 11.5. The minimum atomic E-state index is -0.621. The van der Waals surface area contributed by atoms with Crippen LogP contribution >= 0.6 is 0 Å². The van der Waals surface area contributed by atoms with Gasteiger partial charge in [0.2, 0.25) is 11.8 Å². The van der Waals surface area contributed by atoms with E-state index < -0.39 is 29.2 Å². The summed E-state index contributed by atoms with van der Waals surface area (Å²) in [4.78, 5) is 44.7. The van der Waals surface area contributed by atoms with Crippen LogP contribution in [0.15, 0.2) is 24.3 Å². The first-order valence-corrected chi connectivity index (χ1v) is 6.78. The first kappa shape index (κ1) is 20.4. The highest BCUT2D eigenvalue weighted by atomic mass is 16.5. The van der Waals surface area contributed by atoms with E-state index in [2.05, 4.69) is 20.1 Å². The Kier molecular flexibility index (Phi) is 8.98. The first-order chi connectivity index (χ1) is 10.7. The van der Waals surface area contributed by atoms with Crippen LogP contribution in [0.25, 0.3) is 0 Å². The van der Waals surface area contributed by atoms with E-state index in [1.807, 2.05) is 13.8 Å². The zero-order valence-electron chi connectivity index (χ0n) is 13.7. The summed E-state index contributed by atoms with van der Waals surface area (Å²) < 4.78 is 8.73. The van der Waals surface area contributed by atoms with Crippen LogP contribution in [0.3, 0.4) is 0 Å². The molecule has 8 heteroatoms. The molecule has 0 aliphatic heterocycles. The average molecular weight is 326 g/mol. The van der Waals surface area contributed by atoms with Gasteiger partial charge in [0, 0.05) is 37.4 Å². The third-order valence-corrected chi connectivity index (χ3v) is 2.63. The van der Waals surface area contributed by atoms with Crippen molar-refractivity contribution < 1.29 is 28.7 Å². The number of rotatable bonds is 8. The molecule has 0 rings (SSSR count). The lowest BCUT2D eigenvalue weighted by Crippen LogP contribution is -2.41. The van der Waals surface area contributed by atoms with Crippen molar-refractivity contribution in [2.45, 2.75) is 13.8 Å². The molecule has 8 nitrogen and oxygen atoms in total. The van der Waals surface area contributed by atoms with Gasteiger partial charge in [0.15, 0.2) is 0 Å². The molecule has 0 heterocycles. The highest BCUT2D eigenvalue weighted by Crippen LogP contribution is 2.11. The lowest BCUT2D eigenvalue weighted by atomic mass is 9.93. The van der Waals surface area contributed by atoms with E-state index in [1.165, 1.54) is 14.2 Å². The Morgan fingerprint density at radius 3 is 1.43 bits per heavy atom. The molecule has 0 radical (unpaired) electrons. The number of ether oxygens (including phenoxy) is 2. The third-order valence-electron chi connectivity index (χ3n) is 2.63. The van der Waals surface area contributed by atoms with Crippen molar-refractivity contribution in [2.24, 2.45) is 5.41 Å². The number of carbonyl (C=O) groups excluding carboxylic acids is 4. The van der Waals surface area contributed by atoms with Gasteiger partial charge in [-0.05, 0) is 5.41 Å². The number of nitrogens with one attached hydrogen (secondary N) is 2. The minimum absolute atomic E-state index is 0.276. The molecule has 128 valence electrons. The summed E-state index contributed by atoms with van der Waals surface area (Å²) in [5.41, 5.74) is -0.427. The second-order valence-electron chi connectivity index (χ2n) is 5.31. The van der Waals surface area contributed by atoms with Crippen LogP contribution in [-0.4, -0.2) is 51.1 Å². The summed E-state index contributed by atoms with van der Waals surface area (Å²) in [5.74, 6) is -2.13. The van der Waals surface area contributed by atoms with Gasteiger partial charge in [-0.3, -0.25) is 9.59 Å². The summed E-state index contributed by atoms with van der Waals surface area (Å²) >= 11 is 0. The predicted molar refractivity (Wildman–Crippen MR) is 82.1 cm³/mol. The molecule has 0 aromatic heterocycles. The monoisotopic (exact) mass is 326 g/mol. The SMILES string of the molecule is COC(=O)/C=C\C(=O)NCC(C)(C)CNC(=O)/C=C\C(=O)OC. The van der Waals surface area contributed by atoms with Gasteiger partial charge in [-0.15, -0.1) is 0 Å². The van der Waals surface area contributed by atoms with Crippen LogP contribution in [0.1, 0.15) is 13.8 Å². The molecular formula is C15H22N2O6. The Bertz CT molecular complexity index is 464. The number of methoxy groups -OCH3 is 2. The van der Waals surface area contributed by atoms with Crippen molar-refractivity contribution in [3.63, 3.8) is 0 Å². The average Bonchev–Trinajstić information content (AvgIpc) is 2.53. The normalized spacial score (nSPS) is 11.3. The topological polar surface area (TPSA) is 111 Å². The molecule has 0 saturated heterocycles. The quantitative estimate of drug-likeness (QED) is 0.468. The smallest absolute Gasteiger partial charge is 0.330 e. The van der Waals surface area contributed by atoms with Gasteiger partial charge in [0.25, 0.3) is 0 Å². The summed E-state index contributed by atoms with van der Waals surface area (Å²) in [6.45, 7) is 4.22. The van der Waals surface area contributed by atoms with Crippen molar-refractivity contribution in [1.82, 2.24) is 10.6 Å². The molecule has 0 aromatic rings. The molecule has 0 aromatic carbocycles. The van der Waals surface area contributed by atoms with Crippen LogP contribution in [0.4, 0.5) is 0 Å². The van der Waals surface area contributed by atoms with E-state index in [0.29, 0.717) is 0 Å². The van der Waals surface area contributed by atoms with Gasteiger partial charge in [0.05, 0.1) is 14.2 Å². The van der Waals surface area contributed by atoms with E-state index in [-0.39, 0.29) is 13.1 Å². The van der Waals surface area contributed by atoms with Crippen LogP contribution in [0.5, 0.6) is 0 Å². The summed E-state index contributed by atoms with van der Waals surface area (Å²) in [5, 5.41) is 5.22. The number of hydrogen-bond donors (Lipinski definition) is 2. The molecule has 0 aliphatic rings. The van der Waals surface area contributed by atoms with Crippen molar-refractivity contribution in [3.05, 3.63) is 24.3 Å². The van der Waals surface area contributed by atoms with Gasteiger partial charge < -0.3 is 20.1 Å². The van der Waals surface area contributed by atoms with Gasteiger partial charge in [-0.2, -0.15) is 0 Å². The maximum Gasteiger partial charge on any atom is 0.330 e. The lowest BCUT2D eigenvalue weighted by Gasteiger charge is -2.24. The van der Waals surface area contributed by atoms with E-state index >= 15 is 0 Å². The van der Waals surface area contributed by atoms with Gasteiger partial charge in [-0.25, -0.2) is 9.59 Å². The first-order valence-electron chi connectivity index (χ1n) is 6.78. The Morgan fingerprint density at radius 2 is 1.13 bits per heavy atom. The van der Waals surface area contributed by atoms with Gasteiger partial charge in [-0.1, -0.05) is 13.8 Å². The molecule has 0 aliphatic carbocycles. The zero-order chi connectivity index (χ0) is 17.9. The molecule has 2 N–H and O–H groups in total. The lowest BCUT2D eigenvalue weighted by molar-refractivity contribution is -0.135. The maximum absolute atomic E-state index is 11.5. The molecule has 23 heavy (non-hydrogen) atoms. The Morgan fingerprint density at radius 1 is 0.783 bits per heavy atom. The van der Waals surface area contributed by atoms with Crippen LogP contribution in [-0.2, 0) is 28.7 Å². The predicted octanol–water partition coefficient (Wildman–Crippen LogP) is -0.297. The van der Waals surface area contributed by atoms with E-state index in [1.54, 1.807) is 0 Å². The summed E-state index contributed by atoms with van der Waals surface area (Å²) in [6, 6.07) is 0. The van der Waals surface area contributed by atoms with Crippen LogP contribution in [0, 0.1) is 5.41 Å². The van der Waals surface area contributed by atoms with Gasteiger partial charge in [0.1, 0.15) is 0 Å². The second kappa shape index (κ2) is 10.1. The summed E-state index contributed by atoms with van der Waals surface area (Å²) in [7, 11) is 2.43. The highest BCUT2D eigenvalue weighted by molar-refractivity contribution is 5.95. The molecule has 2 amide bonds. The number of carbonyl (C=O) groups is 4. The van der Waals surface area contributed by atoms with Crippen molar-refractivity contribution in [1.29, 1.82) is 0 Å². The fourth-order valence-electron chi connectivity index (χ4n) is 1.26. The Hall–Kier alpha value is -2.64. The van der Waals surface area contributed by atoms with Crippen LogP contribution in [0.2, 0.25) is 0 Å². The van der Waals surface area contributed by atoms with Crippen LogP contribution < -0.4 is 10.6 Å². The standard InChI is InChI=1S/C15H22N2O6/c1-15(2,9-16-11(18)5-7-13(20)22-3)10-17-12(19)6-8-14(21)23-4/h5-8H,9-10H2,1-4H3,(H,16,18)(H,17,19)/b7-5-,8-6-. The van der Waals surface area contributed by atoms with E-state index in [0.717, 1.165) is 24.3 Å². The molecule has 0 unspecified atom stereocenters. The van der Waals surface area contributed by atoms with Crippen molar-refractivity contribution in [3.8, 4) is 0 Å². The van der Waals surface area contributed by atoms with E-state index in [9.17, 15) is 19.2 Å². The zero-order valence-corrected chi connectivity index (χ0v) is 13.7. The molecule has 0 atom stereocenters. The number of amides is 2. The number of hydrogen-bond acceptors (Lipinski definition) is 6. The second-order valence-corrected chi connectivity index (χ2v) is 5.31. The molecule has 0 fully saturated rings. The molecular weight excluding hydrogens is 304 g/mol. The Labute approximate surface area is 134 Å². The molecule has 0 bridgehead atoms. The minimum Gasteiger partial charge on any atom is -0.466 e. The molecule has 0 spiro atoms. The van der Waals surface area contributed by atoms with E-state index in [4.69, 9.17) is 0 Å². The highest BCUT2D eigenvalue weighted by Gasteiger charge is 2.19. The molecule has 0 saturated carbocycles.